The molecular formula is C23H24N4O2S. The van der Waals surface area contributed by atoms with Crippen molar-refractivity contribution in [3.8, 4) is 10.6 Å². The van der Waals surface area contributed by atoms with Crippen molar-refractivity contribution < 1.29 is 9.59 Å². The molecule has 1 aliphatic rings. The molecule has 1 atom stereocenters. The van der Waals surface area contributed by atoms with Gasteiger partial charge in [-0.05, 0) is 36.0 Å². The van der Waals surface area contributed by atoms with Crippen LogP contribution in [0.4, 0.5) is 10.8 Å². The van der Waals surface area contributed by atoms with Gasteiger partial charge >= 0.3 is 0 Å². The molecule has 6 nitrogen and oxygen atoms in total. The highest BCUT2D eigenvalue weighted by atomic mass is 32.1. The van der Waals surface area contributed by atoms with E-state index in [0.29, 0.717) is 23.9 Å². The fourth-order valence-electron chi connectivity index (χ4n) is 3.53. The predicted octanol–water partition coefficient (Wildman–Crippen LogP) is 4.86. The summed E-state index contributed by atoms with van der Waals surface area (Å²) in [5, 5.41) is 15.3. The van der Waals surface area contributed by atoms with Gasteiger partial charge in [-0.3, -0.25) is 9.59 Å². The summed E-state index contributed by atoms with van der Waals surface area (Å²) in [4.78, 5) is 24.7. The number of hydrogen-bond acceptors (Lipinski definition) is 5. The summed E-state index contributed by atoms with van der Waals surface area (Å²) < 4.78 is 0. The molecule has 2 aromatic carbocycles. The summed E-state index contributed by atoms with van der Waals surface area (Å²) in [5.41, 5.74) is 4.23. The average molecular weight is 421 g/mol. The number of fused-ring (bicyclic) bond motifs is 1. The van der Waals surface area contributed by atoms with Crippen LogP contribution in [0, 0.1) is 5.92 Å². The van der Waals surface area contributed by atoms with Gasteiger partial charge in [0.25, 0.3) is 0 Å². The van der Waals surface area contributed by atoms with E-state index in [-0.39, 0.29) is 24.2 Å². The Bertz CT molecular complexity index is 1060. The third kappa shape index (κ3) is 4.57. The maximum Gasteiger partial charge on any atom is 0.227 e. The van der Waals surface area contributed by atoms with E-state index in [1.807, 2.05) is 36.4 Å². The maximum absolute atomic E-state index is 12.4. The lowest BCUT2D eigenvalue weighted by Gasteiger charge is -2.24. The van der Waals surface area contributed by atoms with Crippen LogP contribution in [0.2, 0.25) is 0 Å². The Kier molecular flexibility index (Phi) is 5.90. The molecule has 7 heteroatoms. The zero-order chi connectivity index (χ0) is 21.1. The van der Waals surface area contributed by atoms with Crippen LogP contribution in [-0.2, 0) is 16.0 Å². The molecule has 1 aromatic heterocycles. The van der Waals surface area contributed by atoms with E-state index in [1.165, 1.54) is 16.9 Å². The number of para-hydroxylation sites is 1. The number of carbonyl (C=O) groups excluding carboxylic acids is 2. The molecule has 30 heavy (non-hydrogen) atoms. The highest BCUT2D eigenvalue weighted by Gasteiger charge is 2.26. The second-order valence-electron chi connectivity index (χ2n) is 7.82. The third-order valence-electron chi connectivity index (χ3n) is 5.33. The van der Waals surface area contributed by atoms with Crippen LogP contribution < -0.4 is 10.6 Å². The van der Waals surface area contributed by atoms with Crippen molar-refractivity contribution in [1.29, 1.82) is 0 Å². The molecule has 0 saturated carbocycles. The molecule has 3 aromatic rings. The molecule has 0 bridgehead atoms. The van der Waals surface area contributed by atoms with Crippen LogP contribution in [0.25, 0.3) is 10.6 Å². The van der Waals surface area contributed by atoms with Crippen LogP contribution in [0.3, 0.4) is 0 Å². The minimum Gasteiger partial charge on any atom is -0.326 e. The topological polar surface area (TPSA) is 84.0 Å². The van der Waals surface area contributed by atoms with Crippen molar-refractivity contribution in [2.24, 2.45) is 5.92 Å². The Morgan fingerprint density at radius 2 is 1.93 bits per heavy atom. The number of nitrogens with one attached hydrogen (secondary N) is 2. The lowest BCUT2D eigenvalue weighted by atomic mass is 9.89. The summed E-state index contributed by atoms with van der Waals surface area (Å²) in [6.45, 7) is 4.31. The molecule has 0 aliphatic carbocycles. The number of anilines is 2. The van der Waals surface area contributed by atoms with Crippen LogP contribution in [0.1, 0.15) is 43.7 Å². The van der Waals surface area contributed by atoms with Crippen molar-refractivity contribution in [2.75, 3.05) is 10.6 Å². The number of nitrogens with zero attached hydrogens (tertiary/aromatic N) is 2. The highest BCUT2D eigenvalue weighted by Crippen LogP contribution is 2.29. The molecule has 1 aliphatic heterocycles. The third-order valence-corrected chi connectivity index (χ3v) is 6.22. The molecule has 0 saturated heterocycles. The molecule has 2 N–H and O–H groups in total. The minimum absolute atomic E-state index is 0.0236. The smallest absolute Gasteiger partial charge is 0.227 e. The van der Waals surface area contributed by atoms with Gasteiger partial charge in [0.2, 0.25) is 16.9 Å². The van der Waals surface area contributed by atoms with Gasteiger partial charge in [-0.2, -0.15) is 0 Å². The van der Waals surface area contributed by atoms with Crippen LogP contribution in [0.15, 0.2) is 48.5 Å². The summed E-state index contributed by atoms with van der Waals surface area (Å²) in [5.74, 6) is 0.0993. The average Bonchev–Trinajstić information content (AvgIpc) is 3.20. The van der Waals surface area contributed by atoms with Gasteiger partial charge in [-0.1, -0.05) is 67.6 Å². The molecule has 1 unspecified atom stereocenters. The quantitative estimate of drug-likeness (QED) is 0.597. The predicted molar refractivity (Wildman–Crippen MR) is 120 cm³/mol. The second-order valence-corrected chi connectivity index (χ2v) is 8.80. The van der Waals surface area contributed by atoms with Gasteiger partial charge in [0.15, 0.2) is 0 Å². The Morgan fingerprint density at radius 1 is 1.17 bits per heavy atom. The fraction of sp³-hybridized carbons (Fsp3) is 0.304. The minimum atomic E-state index is -0.199. The van der Waals surface area contributed by atoms with Gasteiger partial charge < -0.3 is 10.6 Å². The zero-order valence-electron chi connectivity index (χ0n) is 17.0. The van der Waals surface area contributed by atoms with E-state index in [2.05, 4.69) is 46.8 Å². The normalized spacial score (nSPS) is 15.6. The molecule has 154 valence electrons. The summed E-state index contributed by atoms with van der Waals surface area (Å²) in [6.07, 6.45) is 1.41. The van der Waals surface area contributed by atoms with Crippen LogP contribution >= 0.6 is 11.3 Å². The summed E-state index contributed by atoms with van der Waals surface area (Å²) >= 11 is 1.35. The first-order valence-electron chi connectivity index (χ1n) is 10.1. The molecular weight excluding hydrogens is 396 g/mol. The van der Waals surface area contributed by atoms with E-state index < -0.39 is 0 Å². The second kappa shape index (κ2) is 8.75. The Labute approximate surface area is 179 Å². The standard InChI is InChI=1S/C23H24N4O2S/c1-14(2)15-7-9-16(10-8-15)22-26-27-23(30-22)25-20(28)12-11-18-13-17-5-3-4-6-19(17)24-21(18)29/h3-10,14,18H,11-13H2,1-2H3,(H,24,29)(H,25,27,28). The number of aromatic nitrogens is 2. The van der Waals surface area contributed by atoms with Gasteiger partial charge in [0.05, 0.1) is 0 Å². The van der Waals surface area contributed by atoms with E-state index in [4.69, 9.17) is 0 Å². The van der Waals surface area contributed by atoms with Gasteiger partial charge in [0.1, 0.15) is 5.01 Å². The SMILES string of the molecule is CC(C)c1ccc(-c2nnc(NC(=O)CCC3Cc4ccccc4NC3=O)s2)cc1. The first-order chi connectivity index (χ1) is 14.5. The van der Waals surface area contributed by atoms with E-state index in [1.54, 1.807) is 0 Å². The molecule has 0 spiro atoms. The van der Waals surface area contributed by atoms with Crippen molar-refractivity contribution in [3.63, 3.8) is 0 Å². The molecule has 0 radical (unpaired) electrons. The summed E-state index contributed by atoms with van der Waals surface area (Å²) in [7, 11) is 0. The van der Waals surface area contributed by atoms with Crippen molar-refractivity contribution in [2.45, 2.75) is 39.0 Å². The van der Waals surface area contributed by atoms with E-state index >= 15 is 0 Å². The number of amides is 2. The van der Waals surface area contributed by atoms with E-state index in [9.17, 15) is 9.59 Å². The lowest BCUT2D eigenvalue weighted by Crippen LogP contribution is -2.30. The number of carbonyl (C=O) groups is 2. The monoisotopic (exact) mass is 420 g/mol. The van der Waals surface area contributed by atoms with Crippen LogP contribution in [0.5, 0.6) is 0 Å². The van der Waals surface area contributed by atoms with Gasteiger partial charge in [0, 0.05) is 23.6 Å². The lowest BCUT2D eigenvalue weighted by molar-refractivity contribution is -0.121. The van der Waals surface area contributed by atoms with E-state index in [0.717, 1.165) is 21.8 Å². The van der Waals surface area contributed by atoms with Crippen molar-refractivity contribution in [3.05, 3.63) is 59.7 Å². The molecule has 0 fully saturated rings. The first kappa shape index (κ1) is 20.2. The fourth-order valence-corrected chi connectivity index (χ4v) is 4.30. The molecule has 4 rings (SSSR count). The highest BCUT2D eigenvalue weighted by molar-refractivity contribution is 7.18. The Balaban J connectivity index is 1.32. The van der Waals surface area contributed by atoms with Crippen molar-refractivity contribution in [1.82, 2.24) is 10.2 Å². The molecule has 2 heterocycles. The summed E-state index contributed by atoms with van der Waals surface area (Å²) in [6, 6.07) is 16.0. The maximum atomic E-state index is 12.4. The molecule has 2 amide bonds. The Hall–Kier alpha value is -3.06. The number of hydrogen-bond donors (Lipinski definition) is 2. The largest absolute Gasteiger partial charge is 0.326 e. The van der Waals surface area contributed by atoms with Crippen LogP contribution in [-0.4, -0.2) is 22.0 Å². The first-order valence-corrected chi connectivity index (χ1v) is 10.9. The number of rotatable bonds is 6. The van der Waals surface area contributed by atoms with Crippen molar-refractivity contribution >= 4 is 34.0 Å². The van der Waals surface area contributed by atoms with Gasteiger partial charge in [-0.25, -0.2) is 0 Å². The Morgan fingerprint density at radius 3 is 2.70 bits per heavy atom. The zero-order valence-corrected chi connectivity index (χ0v) is 17.8. The number of benzene rings is 2. The van der Waals surface area contributed by atoms with Gasteiger partial charge in [-0.15, -0.1) is 10.2 Å².